The van der Waals surface area contributed by atoms with Crippen LogP contribution in [0.1, 0.15) is 33.5 Å². The van der Waals surface area contributed by atoms with Crippen LogP contribution in [0.5, 0.6) is 0 Å². The van der Waals surface area contributed by atoms with Gasteiger partial charge in [-0.2, -0.15) is 0 Å². The lowest BCUT2D eigenvalue weighted by Gasteiger charge is -2.39. The number of halogens is 1. The molecule has 7 nitrogen and oxygen atoms in total. The highest BCUT2D eigenvalue weighted by atomic mass is 127. The van der Waals surface area contributed by atoms with E-state index in [1.54, 1.807) is 27.1 Å². The molecular formula is C16H30IN5O2S. The van der Waals surface area contributed by atoms with Crippen LogP contribution in [0, 0.1) is 5.92 Å². The summed E-state index contributed by atoms with van der Waals surface area (Å²) >= 11 is 0. The first-order chi connectivity index (χ1) is 11.2. The summed E-state index contributed by atoms with van der Waals surface area (Å²) < 4.78 is 25.7. The second-order valence-corrected chi connectivity index (χ2v) is 10.0. The summed E-state index contributed by atoms with van der Waals surface area (Å²) in [4.78, 5) is 10.7. The molecule has 1 aliphatic heterocycles. The smallest absolute Gasteiger partial charge is 0.194 e. The van der Waals surface area contributed by atoms with E-state index in [0.29, 0.717) is 25.6 Å². The first-order valence-electron chi connectivity index (χ1n) is 8.34. The lowest BCUT2D eigenvalue weighted by atomic mass is 10.2. The van der Waals surface area contributed by atoms with Gasteiger partial charge in [0.05, 0.1) is 17.0 Å². The predicted molar refractivity (Wildman–Crippen MR) is 112 cm³/mol. The maximum Gasteiger partial charge on any atom is 0.194 e. The fourth-order valence-electron chi connectivity index (χ4n) is 2.88. The Morgan fingerprint density at radius 1 is 1.44 bits per heavy atom. The minimum atomic E-state index is -3.05. The number of nitrogens with zero attached hydrogens (tertiary/aromatic N) is 4. The fraction of sp³-hybridized carbons (Fsp3) is 0.750. The summed E-state index contributed by atoms with van der Waals surface area (Å²) in [5.74, 6) is 2.37. The van der Waals surface area contributed by atoms with Crippen LogP contribution >= 0.6 is 24.0 Å². The van der Waals surface area contributed by atoms with Crippen molar-refractivity contribution in [3.8, 4) is 0 Å². The van der Waals surface area contributed by atoms with E-state index in [0.717, 1.165) is 18.3 Å². The van der Waals surface area contributed by atoms with Crippen LogP contribution in [-0.4, -0.2) is 59.5 Å². The van der Waals surface area contributed by atoms with Crippen LogP contribution < -0.4 is 5.32 Å². The van der Waals surface area contributed by atoms with Gasteiger partial charge in [-0.3, -0.25) is 4.99 Å². The van der Waals surface area contributed by atoms with E-state index in [9.17, 15) is 8.42 Å². The van der Waals surface area contributed by atoms with Crippen LogP contribution in [0.2, 0.25) is 0 Å². The zero-order valence-corrected chi connectivity index (χ0v) is 18.8. The van der Waals surface area contributed by atoms with Gasteiger partial charge in [0.25, 0.3) is 0 Å². The van der Waals surface area contributed by atoms with Crippen LogP contribution in [0.3, 0.4) is 0 Å². The molecule has 0 atom stereocenters. The monoisotopic (exact) mass is 483 g/mol. The van der Waals surface area contributed by atoms with Crippen molar-refractivity contribution in [1.82, 2.24) is 19.8 Å². The zero-order valence-electron chi connectivity index (χ0n) is 15.7. The van der Waals surface area contributed by atoms with Gasteiger partial charge in [-0.15, -0.1) is 24.0 Å². The third-order valence-electron chi connectivity index (χ3n) is 4.32. The first-order valence-corrected chi connectivity index (χ1v) is 9.99. The Kier molecular flexibility index (Phi) is 7.72. The largest absolute Gasteiger partial charge is 0.349 e. The molecule has 0 spiro atoms. The molecule has 0 unspecified atom stereocenters. The average molecular weight is 483 g/mol. The van der Waals surface area contributed by atoms with Gasteiger partial charge in [0, 0.05) is 39.1 Å². The van der Waals surface area contributed by atoms with Gasteiger partial charge in [-0.1, -0.05) is 13.8 Å². The highest BCUT2D eigenvalue weighted by molar-refractivity contribution is 14.0. The van der Waals surface area contributed by atoms with Gasteiger partial charge in [0.15, 0.2) is 15.8 Å². The maximum absolute atomic E-state index is 12.2. The van der Waals surface area contributed by atoms with Crippen LogP contribution in [-0.2, 0) is 22.9 Å². The molecule has 1 N–H and O–H groups in total. The van der Waals surface area contributed by atoms with Gasteiger partial charge in [-0.05, 0) is 19.8 Å². The van der Waals surface area contributed by atoms with E-state index >= 15 is 0 Å². The number of imidazole rings is 1. The lowest BCUT2D eigenvalue weighted by molar-refractivity contribution is 0.352. The zero-order chi connectivity index (χ0) is 18.0. The highest BCUT2D eigenvalue weighted by Crippen LogP contribution is 2.23. The SMILES string of the molecule is CN=C(NCc1nccn1CC(C)C)N1CCS(=O)(=O)C(C)(C)C1.I. The van der Waals surface area contributed by atoms with E-state index in [1.165, 1.54) is 0 Å². The van der Waals surface area contributed by atoms with Gasteiger partial charge in [0.2, 0.25) is 0 Å². The standard InChI is InChI=1S/C16H29N5O2S.HI/c1-13(2)11-20-7-6-18-14(20)10-19-15(17-5)21-8-9-24(22,23)16(3,4)12-21;/h6-7,13H,8-12H2,1-5H3,(H,17,19);1H. The molecule has 0 bridgehead atoms. The van der Waals surface area contributed by atoms with Gasteiger partial charge in [0.1, 0.15) is 5.82 Å². The molecule has 2 rings (SSSR count). The molecular weight excluding hydrogens is 453 g/mol. The Bertz CT molecular complexity index is 697. The molecule has 0 radical (unpaired) electrons. The molecule has 0 aliphatic carbocycles. The van der Waals surface area contributed by atoms with E-state index in [-0.39, 0.29) is 29.7 Å². The van der Waals surface area contributed by atoms with E-state index in [1.807, 2.05) is 11.1 Å². The molecule has 0 amide bonds. The van der Waals surface area contributed by atoms with Crippen molar-refractivity contribution in [2.45, 2.75) is 45.5 Å². The summed E-state index contributed by atoms with van der Waals surface area (Å²) in [7, 11) is -1.33. The molecule has 1 aliphatic rings. The summed E-state index contributed by atoms with van der Waals surface area (Å²) in [5.41, 5.74) is 0. The Morgan fingerprint density at radius 3 is 2.68 bits per heavy atom. The van der Waals surface area contributed by atoms with Crippen molar-refractivity contribution in [3.63, 3.8) is 0 Å². The maximum atomic E-state index is 12.2. The average Bonchev–Trinajstić information content (AvgIpc) is 2.90. The number of guanidine groups is 1. The molecule has 25 heavy (non-hydrogen) atoms. The predicted octanol–water partition coefficient (Wildman–Crippen LogP) is 1.74. The fourth-order valence-corrected chi connectivity index (χ4v) is 4.25. The second kappa shape index (κ2) is 8.70. The van der Waals surface area contributed by atoms with Gasteiger partial charge in [-0.25, -0.2) is 13.4 Å². The Hall–Kier alpha value is -0.840. The molecule has 1 aromatic heterocycles. The molecule has 1 fully saturated rings. The lowest BCUT2D eigenvalue weighted by Crippen LogP contribution is -2.57. The number of sulfone groups is 1. The van der Waals surface area contributed by atoms with Crippen molar-refractivity contribution in [2.24, 2.45) is 10.9 Å². The van der Waals surface area contributed by atoms with E-state index < -0.39 is 14.6 Å². The van der Waals surface area contributed by atoms with Crippen LogP contribution in [0.4, 0.5) is 0 Å². The highest BCUT2D eigenvalue weighted by Gasteiger charge is 2.40. The van der Waals surface area contributed by atoms with Gasteiger partial charge >= 0.3 is 0 Å². The first kappa shape index (κ1) is 22.2. The topological polar surface area (TPSA) is 79.6 Å². The Balaban J connectivity index is 0.00000312. The minimum Gasteiger partial charge on any atom is -0.349 e. The third kappa shape index (κ3) is 5.32. The van der Waals surface area contributed by atoms with Crippen molar-refractivity contribution >= 4 is 39.8 Å². The number of rotatable bonds is 4. The summed E-state index contributed by atoms with van der Waals surface area (Å²) in [6, 6.07) is 0. The van der Waals surface area contributed by atoms with Crippen molar-refractivity contribution in [3.05, 3.63) is 18.2 Å². The quantitative estimate of drug-likeness (QED) is 0.401. The molecule has 9 heteroatoms. The Labute approximate surface area is 168 Å². The normalized spacial score (nSPS) is 19.6. The van der Waals surface area contributed by atoms with Crippen molar-refractivity contribution < 1.29 is 8.42 Å². The van der Waals surface area contributed by atoms with Crippen molar-refractivity contribution in [2.75, 3.05) is 25.9 Å². The molecule has 2 heterocycles. The third-order valence-corrected chi connectivity index (χ3v) is 6.86. The van der Waals surface area contributed by atoms with Crippen LogP contribution in [0.15, 0.2) is 17.4 Å². The minimum absolute atomic E-state index is 0. The molecule has 1 saturated heterocycles. The van der Waals surface area contributed by atoms with Crippen LogP contribution in [0.25, 0.3) is 0 Å². The van der Waals surface area contributed by atoms with E-state index in [2.05, 4.69) is 33.7 Å². The Morgan fingerprint density at radius 2 is 2.12 bits per heavy atom. The number of hydrogen-bond donors (Lipinski definition) is 1. The molecule has 1 aromatic rings. The molecule has 0 aromatic carbocycles. The van der Waals surface area contributed by atoms with Gasteiger partial charge < -0.3 is 14.8 Å². The number of hydrogen-bond acceptors (Lipinski definition) is 4. The number of aromatic nitrogens is 2. The number of nitrogens with one attached hydrogen (secondary N) is 1. The van der Waals surface area contributed by atoms with Crippen molar-refractivity contribution in [1.29, 1.82) is 0 Å². The van der Waals surface area contributed by atoms with E-state index in [4.69, 9.17) is 0 Å². The summed E-state index contributed by atoms with van der Waals surface area (Å²) in [5, 5.41) is 3.32. The molecule has 144 valence electrons. The summed E-state index contributed by atoms with van der Waals surface area (Å²) in [6.45, 7) is 10.3. The summed E-state index contributed by atoms with van der Waals surface area (Å²) in [6.07, 6.45) is 3.79. The number of aliphatic imine (C=N–C) groups is 1. The second-order valence-electron chi connectivity index (χ2n) is 7.29. The molecule has 0 saturated carbocycles.